The second-order valence-electron chi connectivity index (χ2n) is 12.7. The maximum Gasteiger partial charge on any atom is 0.318 e. The minimum absolute atomic E-state index is 0.0559. The number of Topliss-reactive ketones (excluding diaryl/α,β-unsaturated/α-hetero) is 1. The summed E-state index contributed by atoms with van der Waals surface area (Å²) >= 11 is 0. The van der Waals surface area contributed by atoms with Gasteiger partial charge in [-0.25, -0.2) is 0 Å². The van der Waals surface area contributed by atoms with Gasteiger partial charge in [0.05, 0.1) is 12.0 Å². The molecule has 0 aromatic carbocycles. The van der Waals surface area contributed by atoms with Gasteiger partial charge in [-0.2, -0.15) is 0 Å². The van der Waals surface area contributed by atoms with Crippen molar-refractivity contribution in [1.82, 2.24) is 0 Å². The van der Waals surface area contributed by atoms with Gasteiger partial charge in [0, 0.05) is 23.7 Å². The summed E-state index contributed by atoms with van der Waals surface area (Å²) in [7, 11) is -2.05. The number of ether oxygens (including phenoxy) is 1. The first-order chi connectivity index (χ1) is 14.1. The molecule has 1 heterocycles. The van der Waals surface area contributed by atoms with Crippen LogP contribution in [0.15, 0.2) is 23.0 Å². The third-order valence-electron chi connectivity index (χ3n) is 9.35. The van der Waals surface area contributed by atoms with Crippen LogP contribution in [0.3, 0.4) is 0 Å². The summed E-state index contributed by atoms with van der Waals surface area (Å²) < 4.78 is 13.1. The molecule has 0 aromatic heterocycles. The molecule has 1 aliphatic heterocycles. The molecule has 5 atom stereocenters. The number of rotatable bonds is 2. The Labute approximate surface area is 189 Å². The molecule has 0 radical (unpaired) electrons. The molecule has 1 saturated carbocycles. The first-order valence-electron chi connectivity index (χ1n) is 11.9. The van der Waals surface area contributed by atoms with Crippen LogP contribution < -0.4 is 0 Å². The number of carbonyl (C=O) groups excluding carboxylic acids is 2. The molecule has 0 spiro atoms. The number of hydrogen-bond donors (Lipinski definition) is 0. The van der Waals surface area contributed by atoms with Crippen molar-refractivity contribution in [2.75, 3.05) is 0 Å². The minimum atomic E-state index is -2.05. The number of hydrogen-bond acceptors (Lipinski definition) is 4. The predicted octanol–water partition coefficient (Wildman–Crippen LogP) is 6.19. The zero-order chi connectivity index (χ0) is 23.1. The normalized spacial score (nSPS) is 37.6. The number of ketones is 1. The lowest BCUT2D eigenvalue weighted by molar-refractivity contribution is -0.142. The van der Waals surface area contributed by atoms with E-state index in [1.165, 1.54) is 0 Å². The molecule has 31 heavy (non-hydrogen) atoms. The summed E-state index contributed by atoms with van der Waals surface area (Å²) in [6.45, 7) is 20.0. The van der Waals surface area contributed by atoms with Gasteiger partial charge in [0.15, 0.2) is 8.32 Å². The molecule has 4 rings (SSSR count). The topological polar surface area (TPSA) is 52.6 Å². The Balaban J connectivity index is 1.88. The van der Waals surface area contributed by atoms with E-state index in [0.29, 0.717) is 12.2 Å². The molecule has 172 valence electrons. The van der Waals surface area contributed by atoms with Crippen LogP contribution in [0.25, 0.3) is 0 Å². The Bertz CT molecular complexity index is 888. The highest BCUT2D eigenvalue weighted by Gasteiger charge is 2.61. The lowest BCUT2D eigenvalue weighted by atomic mass is 9.53. The van der Waals surface area contributed by atoms with E-state index < -0.39 is 13.7 Å². The number of fused-ring (bicyclic) bond motifs is 3. The lowest BCUT2D eigenvalue weighted by Gasteiger charge is -2.53. The summed E-state index contributed by atoms with van der Waals surface area (Å²) in [6, 6.07) is 0. The van der Waals surface area contributed by atoms with Gasteiger partial charge >= 0.3 is 5.97 Å². The molecule has 3 aliphatic carbocycles. The van der Waals surface area contributed by atoms with E-state index in [1.54, 1.807) is 0 Å². The maximum absolute atomic E-state index is 13.9. The van der Waals surface area contributed by atoms with Crippen LogP contribution in [-0.2, 0) is 18.8 Å². The van der Waals surface area contributed by atoms with Gasteiger partial charge in [-0.15, -0.1) is 0 Å². The third-order valence-corrected chi connectivity index (χ3v) is 13.8. The van der Waals surface area contributed by atoms with E-state index in [4.69, 9.17) is 9.16 Å². The van der Waals surface area contributed by atoms with E-state index in [1.807, 2.05) is 0 Å². The highest BCUT2D eigenvalue weighted by atomic mass is 28.4. The average Bonchev–Trinajstić information content (AvgIpc) is 2.92. The van der Waals surface area contributed by atoms with Crippen LogP contribution in [0.4, 0.5) is 0 Å². The highest BCUT2D eigenvalue weighted by molar-refractivity contribution is 6.74. The highest BCUT2D eigenvalue weighted by Crippen LogP contribution is 2.61. The fraction of sp³-hybridized carbons (Fsp3) is 0.769. The lowest BCUT2D eigenvalue weighted by Crippen LogP contribution is -2.54. The van der Waals surface area contributed by atoms with Crippen molar-refractivity contribution < 1.29 is 18.8 Å². The molecule has 0 N–H and O–H groups in total. The molecular formula is C26H40O4Si. The van der Waals surface area contributed by atoms with E-state index in [0.717, 1.165) is 36.2 Å². The number of allylic oxidation sites excluding steroid dienone is 3. The standard InChI is InChI=1S/C26H40O4Si/c1-15-10-12-17-22-21-16(23(28)29-22)11-13-19(30-31(8,9)24(2,3)4)26(21,7)14-18(27)20(15)25(17,5)6/h10,16-17,19-20H,11-14H2,1-9H3/t16-,17-,19-,20+,26+/m0/s1. The molecule has 0 aromatic rings. The first-order valence-corrected chi connectivity index (χ1v) is 14.9. The van der Waals surface area contributed by atoms with E-state index >= 15 is 0 Å². The summed E-state index contributed by atoms with van der Waals surface area (Å²) in [4.78, 5) is 26.8. The van der Waals surface area contributed by atoms with Crippen LogP contribution >= 0.6 is 0 Å². The van der Waals surface area contributed by atoms with Crippen molar-refractivity contribution in [3.05, 3.63) is 23.0 Å². The van der Waals surface area contributed by atoms with Crippen LogP contribution in [-0.4, -0.2) is 26.2 Å². The van der Waals surface area contributed by atoms with Gasteiger partial charge in [0.1, 0.15) is 11.5 Å². The van der Waals surface area contributed by atoms with Crippen molar-refractivity contribution in [1.29, 1.82) is 0 Å². The molecule has 1 fully saturated rings. The van der Waals surface area contributed by atoms with E-state index in [-0.39, 0.29) is 40.3 Å². The van der Waals surface area contributed by atoms with Crippen LogP contribution in [0.1, 0.15) is 74.1 Å². The third kappa shape index (κ3) is 3.25. The van der Waals surface area contributed by atoms with Crippen LogP contribution in [0.2, 0.25) is 18.1 Å². The van der Waals surface area contributed by atoms with Crippen LogP contribution in [0.5, 0.6) is 0 Å². The number of esters is 1. The smallest absolute Gasteiger partial charge is 0.318 e. The molecule has 0 saturated heterocycles. The Hall–Kier alpha value is -1.20. The second kappa shape index (κ2) is 6.90. The fourth-order valence-electron chi connectivity index (χ4n) is 6.56. The SMILES string of the molecule is CC1=CC[C@H]2C3=C4[C@H](CC[C@H](O[Si](C)(C)C(C)(C)C)[C@@]4(C)CC(=O)[C@@H]1C2(C)C)C(=O)O3. The summed E-state index contributed by atoms with van der Waals surface area (Å²) in [6.07, 6.45) is 4.95. The van der Waals surface area contributed by atoms with Crippen molar-refractivity contribution in [2.45, 2.75) is 98.4 Å². The molecule has 5 heteroatoms. The van der Waals surface area contributed by atoms with E-state index in [2.05, 4.69) is 67.6 Å². The maximum atomic E-state index is 13.9. The Morgan fingerprint density at radius 1 is 1.13 bits per heavy atom. The fourth-order valence-corrected chi connectivity index (χ4v) is 8.00. The zero-order valence-electron chi connectivity index (χ0n) is 20.8. The van der Waals surface area contributed by atoms with Crippen LogP contribution in [0, 0.1) is 28.6 Å². The van der Waals surface area contributed by atoms with Crippen molar-refractivity contribution in [3.8, 4) is 0 Å². The quantitative estimate of drug-likeness (QED) is 0.290. The van der Waals surface area contributed by atoms with E-state index in [9.17, 15) is 9.59 Å². The molecule has 4 nitrogen and oxygen atoms in total. The minimum Gasteiger partial charge on any atom is -0.430 e. The largest absolute Gasteiger partial charge is 0.430 e. The summed E-state index contributed by atoms with van der Waals surface area (Å²) in [5.74, 6) is 0.751. The van der Waals surface area contributed by atoms with Crippen molar-refractivity contribution >= 4 is 20.1 Å². The van der Waals surface area contributed by atoms with Gasteiger partial charge in [-0.1, -0.05) is 53.2 Å². The predicted molar refractivity (Wildman–Crippen MR) is 125 cm³/mol. The average molecular weight is 445 g/mol. The van der Waals surface area contributed by atoms with Gasteiger partial charge in [-0.05, 0) is 55.3 Å². The van der Waals surface area contributed by atoms with Gasteiger partial charge in [0.2, 0.25) is 0 Å². The van der Waals surface area contributed by atoms with Gasteiger partial charge < -0.3 is 9.16 Å². The second-order valence-corrected chi connectivity index (χ2v) is 17.5. The molecule has 4 aliphatic rings. The molecule has 2 bridgehead atoms. The molecular weight excluding hydrogens is 404 g/mol. The van der Waals surface area contributed by atoms with Gasteiger partial charge in [0.25, 0.3) is 0 Å². The summed E-state index contributed by atoms with van der Waals surface area (Å²) in [5, 5.41) is 0.0862. The molecule has 0 unspecified atom stereocenters. The Morgan fingerprint density at radius 2 is 1.77 bits per heavy atom. The summed E-state index contributed by atoms with van der Waals surface area (Å²) in [5.41, 5.74) is 1.51. The van der Waals surface area contributed by atoms with Crippen molar-refractivity contribution in [3.63, 3.8) is 0 Å². The van der Waals surface area contributed by atoms with Gasteiger partial charge in [-0.3, -0.25) is 9.59 Å². The zero-order valence-corrected chi connectivity index (χ0v) is 21.8. The Kier molecular flexibility index (Phi) is 5.11. The first kappa shape index (κ1) is 23.0. The monoisotopic (exact) mass is 444 g/mol. The molecule has 0 amide bonds. The Morgan fingerprint density at radius 3 is 2.39 bits per heavy atom. The van der Waals surface area contributed by atoms with Crippen molar-refractivity contribution in [2.24, 2.45) is 28.6 Å². The number of carbonyl (C=O) groups is 2.